The molecule has 0 aliphatic heterocycles. The number of carbonyl (C=O) groups excluding carboxylic acids is 1. The molecule has 1 unspecified atom stereocenters. The number of allylic oxidation sites excluding steroid dienone is 1. The average Bonchev–Trinajstić information content (AvgIpc) is 2.45. The van der Waals surface area contributed by atoms with E-state index in [4.69, 9.17) is 9.47 Å². The molecule has 0 saturated carbocycles. The number of aliphatic hydroxyl groups is 1. The lowest BCUT2D eigenvalue weighted by Gasteiger charge is -2.28. The van der Waals surface area contributed by atoms with Crippen LogP contribution in [0.2, 0.25) is 0 Å². The van der Waals surface area contributed by atoms with Crippen molar-refractivity contribution < 1.29 is 19.4 Å². The number of hydrogen-bond acceptors (Lipinski definition) is 4. The first-order valence-electron chi connectivity index (χ1n) is 6.50. The van der Waals surface area contributed by atoms with E-state index in [1.807, 2.05) is 19.1 Å². The van der Waals surface area contributed by atoms with Gasteiger partial charge < -0.3 is 14.6 Å². The molecule has 4 nitrogen and oxygen atoms in total. The van der Waals surface area contributed by atoms with E-state index in [2.05, 4.69) is 0 Å². The van der Waals surface area contributed by atoms with Gasteiger partial charge in [-0.1, -0.05) is 18.2 Å². The first kappa shape index (κ1) is 16.4. The molecule has 0 aliphatic rings. The first-order valence-corrected chi connectivity index (χ1v) is 6.50. The summed E-state index contributed by atoms with van der Waals surface area (Å²) in [6.07, 6.45) is 1.69. The van der Waals surface area contributed by atoms with Crippen LogP contribution in [0.3, 0.4) is 0 Å². The van der Waals surface area contributed by atoms with Crippen molar-refractivity contribution in [1.29, 1.82) is 0 Å². The summed E-state index contributed by atoms with van der Waals surface area (Å²) in [5.41, 5.74) is 1.23. The first-order chi connectivity index (χ1) is 9.37. The SMILES string of the molecule is C/C=C(\C)C(=O)Oc1cc(C)ccc1C(C)(CO)OC. The largest absolute Gasteiger partial charge is 0.423 e. The molecule has 0 heterocycles. The summed E-state index contributed by atoms with van der Waals surface area (Å²) in [5.74, 6) is 0.00495. The van der Waals surface area contributed by atoms with E-state index < -0.39 is 11.6 Å². The van der Waals surface area contributed by atoms with Gasteiger partial charge in [0.1, 0.15) is 11.4 Å². The molecule has 4 heteroatoms. The van der Waals surface area contributed by atoms with Gasteiger partial charge in [0, 0.05) is 18.2 Å². The number of methoxy groups -OCH3 is 1. The molecule has 20 heavy (non-hydrogen) atoms. The predicted octanol–water partition coefficient (Wildman–Crippen LogP) is 2.72. The third-order valence-electron chi connectivity index (χ3n) is 3.42. The molecule has 0 amide bonds. The minimum absolute atomic E-state index is 0.209. The number of esters is 1. The molecular weight excluding hydrogens is 256 g/mol. The Morgan fingerprint density at radius 3 is 2.60 bits per heavy atom. The van der Waals surface area contributed by atoms with Gasteiger partial charge in [0.15, 0.2) is 0 Å². The van der Waals surface area contributed by atoms with E-state index in [1.165, 1.54) is 7.11 Å². The second kappa shape index (κ2) is 6.68. The second-order valence-corrected chi connectivity index (χ2v) is 4.95. The van der Waals surface area contributed by atoms with Crippen LogP contribution in [-0.4, -0.2) is 24.8 Å². The number of rotatable bonds is 5. The zero-order chi connectivity index (χ0) is 15.3. The standard InChI is InChI=1S/C16H22O4/c1-6-12(3)15(18)20-14-9-11(2)7-8-13(14)16(4,10-17)19-5/h6-9,17H,10H2,1-5H3/b12-6+. The summed E-state index contributed by atoms with van der Waals surface area (Å²) in [6.45, 7) is 6.92. The third kappa shape index (κ3) is 3.46. The van der Waals surface area contributed by atoms with Crippen LogP contribution in [0, 0.1) is 6.92 Å². The molecule has 1 N–H and O–H groups in total. The predicted molar refractivity (Wildman–Crippen MR) is 77.7 cm³/mol. The fraction of sp³-hybridized carbons (Fsp3) is 0.438. The second-order valence-electron chi connectivity index (χ2n) is 4.95. The maximum Gasteiger partial charge on any atom is 0.338 e. The highest BCUT2D eigenvalue weighted by atomic mass is 16.5. The number of carbonyl (C=O) groups is 1. The van der Waals surface area contributed by atoms with Crippen molar-refractivity contribution in [3.05, 3.63) is 41.0 Å². The Labute approximate surface area is 120 Å². The van der Waals surface area contributed by atoms with Crippen LogP contribution in [-0.2, 0) is 15.1 Å². The molecule has 1 aromatic carbocycles. The number of ether oxygens (including phenoxy) is 2. The van der Waals surface area contributed by atoms with E-state index in [0.29, 0.717) is 16.9 Å². The van der Waals surface area contributed by atoms with Crippen LogP contribution in [0.1, 0.15) is 31.9 Å². The highest BCUT2D eigenvalue weighted by Gasteiger charge is 2.29. The Morgan fingerprint density at radius 2 is 2.10 bits per heavy atom. The number of aryl methyl sites for hydroxylation is 1. The Bertz CT molecular complexity index is 513. The van der Waals surface area contributed by atoms with Gasteiger partial charge in [0.25, 0.3) is 0 Å². The lowest BCUT2D eigenvalue weighted by molar-refractivity contribution is -0.130. The Kier molecular flexibility index (Phi) is 5.48. The molecule has 1 aromatic rings. The van der Waals surface area contributed by atoms with Gasteiger partial charge in [0.2, 0.25) is 0 Å². The molecule has 1 atom stereocenters. The smallest absolute Gasteiger partial charge is 0.338 e. The highest BCUT2D eigenvalue weighted by Crippen LogP contribution is 2.33. The normalized spacial score (nSPS) is 14.8. The molecule has 0 bridgehead atoms. The molecule has 110 valence electrons. The monoisotopic (exact) mass is 278 g/mol. The third-order valence-corrected chi connectivity index (χ3v) is 3.42. The molecule has 0 spiro atoms. The lowest BCUT2D eigenvalue weighted by atomic mass is 9.94. The molecule has 0 fully saturated rings. The van der Waals surface area contributed by atoms with Crippen LogP contribution >= 0.6 is 0 Å². The van der Waals surface area contributed by atoms with Gasteiger partial charge in [-0.15, -0.1) is 0 Å². The Morgan fingerprint density at radius 1 is 1.45 bits per heavy atom. The zero-order valence-electron chi connectivity index (χ0n) is 12.7. The van der Waals surface area contributed by atoms with E-state index in [0.717, 1.165) is 5.56 Å². The zero-order valence-corrected chi connectivity index (χ0v) is 12.7. The van der Waals surface area contributed by atoms with Crippen molar-refractivity contribution in [2.45, 2.75) is 33.3 Å². The highest BCUT2D eigenvalue weighted by molar-refractivity contribution is 5.89. The van der Waals surface area contributed by atoms with Crippen molar-refractivity contribution in [2.24, 2.45) is 0 Å². The average molecular weight is 278 g/mol. The van der Waals surface area contributed by atoms with E-state index >= 15 is 0 Å². The Hall–Kier alpha value is -1.65. The van der Waals surface area contributed by atoms with Gasteiger partial charge in [-0.25, -0.2) is 4.79 Å². The maximum absolute atomic E-state index is 11.9. The fourth-order valence-corrected chi connectivity index (χ4v) is 1.71. The molecule has 0 aliphatic carbocycles. The van der Waals surface area contributed by atoms with E-state index in [9.17, 15) is 9.90 Å². The van der Waals surface area contributed by atoms with Gasteiger partial charge in [-0.05, 0) is 39.3 Å². The summed E-state index contributed by atoms with van der Waals surface area (Å²) in [5, 5.41) is 9.55. The number of hydrogen-bond donors (Lipinski definition) is 1. The van der Waals surface area contributed by atoms with Crippen molar-refractivity contribution in [3.8, 4) is 5.75 Å². The van der Waals surface area contributed by atoms with Gasteiger partial charge in [-0.3, -0.25) is 0 Å². The number of benzene rings is 1. The summed E-state index contributed by atoms with van der Waals surface area (Å²) < 4.78 is 10.8. The van der Waals surface area contributed by atoms with Crippen LogP contribution in [0.25, 0.3) is 0 Å². The molecule has 0 aromatic heterocycles. The molecule has 0 radical (unpaired) electrons. The van der Waals surface area contributed by atoms with Crippen LogP contribution in [0.5, 0.6) is 5.75 Å². The van der Waals surface area contributed by atoms with Crippen LogP contribution in [0.4, 0.5) is 0 Å². The van der Waals surface area contributed by atoms with Gasteiger partial charge in [0.05, 0.1) is 6.61 Å². The minimum atomic E-state index is -0.910. The summed E-state index contributed by atoms with van der Waals surface area (Å²) in [6, 6.07) is 5.47. The van der Waals surface area contributed by atoms with Crippen molar-refractivity contribution in [1.82, 2.24) is 0 Å². The van der Waals surface area contributed by atoms with Crippen LogP contribution in [0.15, 0.2) is 29.8 Å². The number of aliphatic hydroxyl groups excluding tert-OH is 1. The van der Waals surface area contributed by atoms with Crippen molar-refractivity contribution >= 4 is 5.97 Å². The van der Waals surface area contributed by atoms with E-state index in [-0.39, 0.29) is 6.61 Å². The Balaban J connectivity index is 3.24. The summed E-state index contributed by atoms with van der Waals surface area (Å²) in [7, 11) is 1.51. The van der Waals surface area contributed by atoms with Crippen molar-refractivity contribution in [2.75, 3.05) is 13.7 Å². The quantitative estimate of drug-likeness (QED) is 0.511. The van der Waals surface area contributed by atoms with Gasteiger partial charge in [-0.2, -0.15) is 0 Å². The molecular formula is C16H22O4. The molecule has 0 saturated heterocycles. The summed E-state index contributed by atoms with van der Waals surface area (Å²) in [4.78, 5) is 11.9. The topological polar surface area (TPSA) is 55.8 Å². The van der Waals surface area contributed by atoms with Crippen LogP contribution < -0.4 is 4.74 Å². The van der Waals surface area contributed by atoms with Gasteiger partial charge >= 0.3 is 5.97 Å². The lowest BCUT2D eigenvalue weighted by Crippen LogP contribution is -2.30. The molecule has 1 rings (SSSR count). The maximum atomic E-state index is 11.9. The fourth-order valence-electron chi connectivity index (χ4n) is 1.71. The summed E-state index contributed by atoms with van der Waals surface area (Å²) >= 11 is 0. The minimum Gasteiger partial charge on any atom is -0.423 e. The van der Waals surface area contributed by atoms with E-state index in [1.54, 1.807) is 32.9 Å². The van der Waals surface area contributed by atoms with Crippen molar-refractivity contribution in [3.63, 3.8) is 0 Å².